The lowest BCUT2D eigenvalue weighted by Crippen LogP contribution is -2.37. The molecule has 4 nitrogen and oxygen atoms in total. The summed E-state index contributed by atoms with van der Waals surface area (Å²) in [5, 5.41) is 4.34. The van der Waals surface area contributed by atoms with Crippen LogP contribution in [0.4, 0.5) is 11.4 Å². The molecule has 0 saturated carbocycles. The molecule has 0 atom stereocenters. The van der Waals surface area contributed by atoms with Gasteiger partial charge in [0.1, 0.15) is 0 Å². The van der Waals surface area contributed by atoms with E-state index in [-0.39, 0.29) is 0 Å². The predicted octanol–water partition coefficient (Wildman–Crippen LogP) is 6.34. The molecule has 34 heavy (non-hydrogen) atoms. The molecule has 186 valence electrons. The SMILES string of the molecule is CCCN1CCCc2cc(CN(CCCN(CC)CC)C(=S)Nc3cccc(CC)c3)ccc21. The van der Waals surface area contributed by atoms with E-state index < -0.39 is 0 Å². The van der Waals surface area contributed by atoms with E-state index in [0.717, 1.165) is 62.9 Å². The van der Waals surface area contributed by atoms with Crippen LogP contribution in [0.25, 0.3) is 0 Å². The fraction of sp³-hybridized carbons (Fsp3) is 0.552. The van der Waals surface area contributed by atoms with Crippen LogP contribution in [0, 0.1) is 0 Å². The average molecular weight is 481 g/mol. The van der Waals surface area contributed by atoms with E-state index in [0.29, 0.717) is 0 Å². The first-order valence-corrected chi connectivity index (χ1v) is 13.7. The Hall–Kier alpha value is -2.11. The number of fused-ring (bicyclic) bond motifs is 1. The van der Waals surface area contributed by atoms with Crippen LogP contribution >= 0.6 is 12.2 Å². The van der Waals surface area contributed by atoms with Crippen LogP contribution in [0.3, 0.4) is 0 Å². The fourth-order valence-electron chi connectivity index (χ4n) is 4.90. The summed E-state index contributed by atoms with van der Waals surface area (Å²) in [5.74, 6) is 0. The van der Waals surface area contributed by atoms with Gasteiger partial charge in [0, 0.05) is 37.6 Å². The highest BCUT2D eigenvalue weighted by Gasteiger charge is 2.18. The van der Waals surface area contributed by atoms with Crippen molar-refractivity contribution in [3.63, 3.8) is 0 Å². The number of nitrogens with zero attached hydrogens (tertiary/aromatic N) is 3. The third kappa shape index (κ3) is 7.44. The molecule has 1 heterocycles. The second-order valence-corrected chi connectivity index (χ2v) is 9.73. The molecule has 2 aromatic rings. The van der Waals surface area contributed by atoms with Crippen molar-refractivity contribution in [3.05, 3.63) is 59.2 Å². The van der Waals surface area contributed by atoms with Crippen molar-refractivity contribution >= 4 is 28.7 Å². The van der Waals surface area contributed by atoms with Crippen LogP contribution in [0.5, 0.6) is 0 Å². The fourth-order valence-corrected chi connectivity index (χ4v) is 5.17. The van der Waals surface area contributed by atoms with E-state index >= 15 is 0 Å². The highest BCUT2D eigenvalue weighted by atomic mass is 32.1. The number of rotatable bonds is 12. The number of hydrogen-bond acceptors (Lipinski definition) is 3. The van der Waals surface area contributed by atoms with Crippen LogP contribution in [-0.2, 0) is 19.4 Å². The molecule has 0 aromatic heterocycles. The average Bonchev–Trinajstić information content (AvgIpc) is 2.86. The Labute approximate surface area is 213 Å². The summed E-state index contributed by atoms with van der Waals surface area (Å²) in [6, 6.07) is 15.7. The standard InChI is InChI=1S/C29H44N4S/c1-5-17-32-19-10-13-26-21-25(15-16-28(26)32)23-33(20-11-18-31(7-3)8-4)29(34)30-27-14-9-12-24(6-2)22-27/h9,12,14-16,21-22H,5-8,10-11,13,17-20,23H2,1-4H3,(H,30,34). The summed E-state index contributed by atoms with van der Waals surface area (Å²) in [6.07, 6.45) is 5.75. The van der Waals surface area contributed by atoms with Gasteiger partial charge in [0.2, 0.25) is 0 Å². The first-order chi connectivity index (χ1) is 16.6. The van der Waals surface area contributed by atoms with Crippen LogP contribution in [0.15, 0.2) is 42.5 Å². The third-order valence-electron chi connectivity index (χ3n) is 6.90. The molecule has 0 saturated heterocycles. The van der Waals surface area contributed by atoms with Crippen LogP contribution in [0.2, 0.25) is 0 Å². The highest BCUT2D eigenvalue weighted by molar-refractivity contribution is 7.80. The summed E-state index contributed by atoms with van der Waals surface area (Å²) in [4.78, 5) is 7.39. The van der Waals surface area contributed by atoms with E-state index in [2.05, 4.69) is 90.2 Å². The van der Waals surface area contributed by atoms with Crippen molar-refractivity contribution in [2.75, 3.05) is 49.5 Å². The minimum absolute atomic E-state index is 0.818. The molecule has 0 aliphatic carbocycles. The van der Waals surface area contributed by atoms with Gasteiger partial charge >= 0.3 is 0 Å². The van der Waals surface area contributed by atoms with Crippen LogP contribution in [-0.4, -0.2) is 54.2 Å². The molecule has 1 aliphatic heterocycles. The zero-order valence-corrected chi connectivity index (χ0v) is 22.6. The van der Waals surface area contributed by atoms with Gasteiger partial charge in [-0.2, -0.15) is 0 Å². The lowest BCUT2D eigenvalue weighted by atomic mass is 9.98. The molecule has 0 spiro atoms. The summed E-state index contributed by atoms with van der Waals surface area (Å²) >= 11 is 5.94. The van der Waals surface area contributed by atoms with Gasteiger partial charge in [0.15, 0.2) is 5.11 Å². The zero-order valence-electron chi connectivity index (χ0n) is 21.8. The minimum Gasteiger partial charge on any atom is -0.371 e. The lowest BCUT2D eigenvalue weighted by Gasteiger charge is -2.32. The van der Waals surface area contributed by atoms with E-state index in [9.17, 15) is 0 Å². The molecular weight excluding hydrogens is 436 g/mol. The largest absolute Gasteiger partial charge is 0.371 e. The maximum absolute atomic E-state index is 5.94. The van der Waals surface area contributed by atoms with Gasteiger partial charge in [0.05, 0.1) is 0 Å². The quantitative estimate of drug-likeness (QED) is 0.357. The zero-order chi connectivity index (χ0) is 24.3. The summed E-state index contributed by atoms with van der Waals surface area (Å²) in [7, 11) is 0. The first-order valence-electron chi connectivity index (χ1n) is 13.3. The first kappa shape index (κ1) is 26.5. The normalized spacial score (nSPS) is 13.1. The maximum Gasteiger partial charge on any atom is 0.173 e. The molecule has 3 rings (SSSR count). The van der Waals surface area contributed by atoms with Crippen molar-refractivity contribution in [1.29, 1.82) is 0 Å². The second kappa shape index (κ2) is 13.7. The van der Waals surface area contributed by atoms with E-state index in [1.807, 2.05) is 0 Å². The van der Waals surface area contributed by atoms with Gasteiger partial charge in [0.25, 0.3) is 0 Å². The van der Waals surface area contributed by atoms with Gasteiger partial charge in [-0.25, -0.2) is 0 Å². The summed E-state index contributed by atoms with van der Waals surface area (Å²) in [6.45, 7) is 16.4. The van der Waals surface area contributed by atoms with E-state index in [1.165, 1.54) is 48.2 Å². The minimum atomic E-state index is 0.818. The number of thiocarbonyl (C=S) groups is 1. The summed E-state index contributed by atoms with van der Waals surface area (Å²) in [5.41, 5.74) is 6.69. The molecule has 1 N–H and O–H groups in total. The third-order valence-corrected chi connectivity index (χ3v) is 7.26. The molecule has 1 aliphatic rings. The maximum atomic E-state index is 5.94. The molecule has 0 fully saturated rings. The van der Waals surface area contributed by atoms with Crippen LogP contribution in [0.1, 0.15) is 63.6 Å². The topological polar surface area (TPSA) is 21.8 Å². The number of aryl methyl sites for hydroxylation is 2. The Morgan fingerprint density at radius 3 is 2.56 bits per heavy atom. The number of anilines is 2. The summed E-state index contributed by atoms with van der Waals surface area (Å²) < 4.78 is 0. The highest BCUT2D eigenvalue weighted by Crippen LogP contribution is 2.28. The Bertz CT molecular complexity index is 909. The van der Waals surface area contributed by atoms with Crippen molar-refractivity contribution < 1.29 is 0 Å². The lowest BCUT2D eigenvalue weighted by molar-refractivity contribution is 0.281. The number of nitrogens with one attached hydrogen (secondary N) is 1. The van der Waals surface area contributed by atoms with Gasteiger partial charge in [-0.3, -0.25) is 0 Å². The molecule has 0 unspecified atom stereocenters. The van der Waals surface area contributed by atoms with Crippen molar-refractivity contribution in [2.45, 2.75) is 66.3 Å². The van der Waals surface area contributed by atoms with Crippen molar-refractivity contribution in [3.8, 4) is 0 Å². The molecular formula is C29H44N4S. The van der Waals surface area contributed by atoms with E-state index in [1.54, 1.807) is 0 Å². The predicted molar refractivity (Wildman–Crippen MR) is 152 cm³/mol. The van der Waals surface area contributed by atoms with Crippen LogP contribution < -0.4 is 10.2 Å². The van der Waals surface area contributed by atoms with E-state index in [4.69, 9.17) is 12.2 Å². The Balaban J connectivity index is 1.74. The monoisotopic (exact) mass is 480 g/mol. The van der Waals surface area contributed by atoms with Gasteiger partial charge in [-0.15, -0.1) is 0 Å². The molecule has 0 bridgehead atoms. The van der Waals surface area contributed by atoms with Crippen molar-refractivity contribution in [1.82, 2.24) is 9.80 Å². The van der Waals surface area contributed by atoms with Gasteiger partial charge in [-0.1, -0.05) is 52.0 Å². The van der Waals surface area contributed by atoms with Gasteiger partial charge in [-0.05, 0) is 98.8 Å². The number of hydrogen-bond donors (Lipinski definition) is 1. The molecule has 5 heteroatoms. The van der Waals surface area contributed by atoms with Crippen molar-refractivity contribution in [2.24, 2.45) is 0 Å². The number of benzene rings is 2. The smallest absolute Gasteiger partial charge is 0.173 e. The Morgan fingerprint density at radius 1 is 1.00 bits per heavy atom. The molecule has 2 aromatic carbocycles. The second-order valence-electron chi connectivity index (χ2n) is 9.34. The Kier molecular flexibility index (Phi) is 10.7. The Morgan fingerprint density at radius 2 is 1.82 bits per heavy atom. The van der Waals surface area contributed by atoms with Gasteiger partial charge < -0.3 is 20.0 Å². The molecule has 0 amide bonds. The molecule has 0 radical (unpaired) electrons.